The van der Waals surface area contributed by atoms with E-state index in [0.717, 1.165) is 48.2 Å². The van der Waals surface area contributed by atoms with Crippen LogP contribution in [0, 0.1) is 40.9 Å². The van der Waals surface area contributed by atoms with Crippen molar-refractivity contribution in [2.45, 2.75) is 97.5 Å². The number of fused-ring (bicyclic) bond motifs is 1. The maximum absolute atomic E-state index is 13.1. The first kappa shape index (κ1) is 38.7. The molecule has 1 aliphatic carbocycles. The molecule has 11 heteroatoms. The summed E-state index contributed by atoms with van der Waals surface area (Å²) in [5, 5.41) is 10.8. The molecule has 3 aromatic rings. The van der Waals surface area contributed by atoms with Crippen molar-refractivity contribution in [3.63, 3.8) is 0 Å². The molecule has 53 heavy (non-hydrogen) atoms. The molecule has 4 atom stereocenters. The minimum absolute atomic E-state index is 0.104. The van der Waals surface area contributed by atoms with Crippen LogP contribution in [0.25, 0.3) is 0 Å². The molecule has 0 spiro atoms. The first-order valence-corrected chi connectivity index (χ1v) is 19.6. The Morgan fingerprint density at radius 2 is 1.96 bits per heavy atom. The average molecular weight is 760 g/mol. The van der Waals surface area contributed by atoms with Crippen molar-refractivity contribution in [2.75, 3.05) is 13.2 Å². The number of esters is 1. The highest BCUT2D eigenvalue weighted by molar-refractivity contribution is 6.35. The van der Waals surface area contributed by atoms with E-state index in [9.17, 15) is 14.9 Å². The highest BCUT2D eigenvalue weighted by atomic mass is 35.5. The van der Waals surface area contributed by atoms with Crippen LogP contribution in [-0.2, 0) is 27.2 Å². The molecular weight excluding hydrogens is 711 g/mol. The number of hydrogen-bond acceptors (Lipinski definition) is 9. The van der Waals surface area contributed by atoms with Gasteiger partial charge in [0.25, 0.3) is 0 Å². The van der Waals surface area contributed by atoms with Crippen LogP contribution in [-0.4, -0.2) is 46.2 Å². The van der Waals surface area contributed by atoms with Gasteiger partial charge in [0.2, 0.25) is 5.88 Å². The Morgan fingerprint density at radius 3 is 2.72 bits per heavy atom. The predicted octanol–water partition coefficient (Wildman–Crippen LogP) is 9.49. The number of aliphatic imine (C=N–C) groups is 1. The number of ether oxygens (including phenoxy) is 3. The standard InChI is InChI=1S/C42H48Cl2N4O5/c1-25(2)31-20-28(41(50)52-23-31)10-13-36(49)26(3)14-17-51-37-7-5-6-33(38(37)44)35-19-27(18-30-21-32(43)11-9-29(30)22-45)8-12-34-39(48-35)40(47-24-46-34)53-42(4)15-16-42/h5-7,9,11,21,24-28,31H,8,10,12-20,23H2,1-4H3/t26-,27?,28?,31+/m0/s1. The second-order valence-corrected chi connectivity index (χ2v) is 16.4. The Hall–Kier alpha value is -4.00. The van der Waals surface area contributed by atoms with E-state index >= 15 is 0 Å². The van der Waals surface area contributed by atoms with Crippen LogP contribution in [0.5, 0.6) is 11.6 Å². The third-order valence-electron chi connectivity index (χ3n) is 11.1. The molecule has 0 radical (unpaired) electrons. The summed E-state index contributed by atoms with van der Waals surface area (Å²) in [6.45, 7) is 9.02. The number of aromatic nitrogens is 2. The van der Waals surface area contributed by atoms with E-state index in [-0.39, 0.29) is 35.1 Å². The second kappa shape index (κ2) is 17.0. The van der Waals surface area contributed by atoms with Gasteiger partial charge >= 0.3 is 5.97 Å². The first-order chi connectivity index (χ1) is 25.4. The van der Waals surface area contributed by atoms with Crippen LogP contribution < -0.4 is 9.47 Å². The van der Waals surface area contributed by atoms with Gasteiger partial charge in [-0.2, -0.15) is 10.2 Å². The summed E-state index contributed by atoms with van der Waals surface area (Å²) >= 11 is 13.5. The minimum atomic E-state index is -0.258. The lowest BCUT2D eigenvalue weighted by molar-refractivity contribution is -0.157. The molecule has 2 fully saturated rings. The van der Waals surface area contributed by atoms with Crippen molar-refractivity contribution in [1.82, 2.24) is 9.97 Å². The van der Waals surface area contributed by atoms with Crippen molar-refractivity contribution < 1.29 is 23.8 Å². The van der Waals surface area contributed by atoms with Crippen molar-refractivity contribution in [3.8, 4) is 17.7 Å². The van der Waals surface area contributed by atoms with Crippen LogP contribution in [0.4, 0.5) is 5.69 Å². The Morgan fingerprint density at radius 1 is 1.15 bits per heavy atom. The summed E-state index contributed by atoms with van der Waals surface area (Å²) in [5.74, 6) is 1.31. The summed E-state index contributed by atoms with van der Waals surface area (Å²) < 4.78 is 18.0. The average Bonchev–Trinajstić information content (AvgIpc) is 3.86. The summed E-state index contributed by atoms with van der Waals surface area (Å²) in [7, 11) is 0. The molecule has 1 saturated carbocycles. The summed E-state index contributed by atoms with van der Waals surface area (Å²) in [4.78, 5) is 39.8. The number of carbonyl (C=O) groups is 2. The molecule has 3 heterocycles. The van der Waals surface area contributed by atoms with Crippen LogP contribution >= 0.6 is 23.2 Å². The topological polar surface area (TPSA) is 124 Å². The lowest BCUT2D eigenvalue weighted by atomic mass is 9.82. The van der Waals surface area contributed by atoms with Gasteiger partial charge in [-0.05, 0) is 112 Å². The number of halogens is 2. The maximum Gasteiger partial charge on any atom is 0.308 e. The molecule has 3 aliphatic rings. The molecule has 2 aromatic carbocycles. The smallest absolute Gasteiger partial charge is 0.308 e. The molecule has 6 rings (SSSR count). The summed E-state index contributed by atoms with van der Waals surface area (Å²) in [6, 6.07) is 13.3. The molecule has 0 bridgehead atoms. The number of nitriles is 1. The van der Waals surface area contributed by atoms with Gasteiger partial charge in [0.15, 0.2) is 0 Å². The van der Waals surface area contributed by atoms with Gasteiger partial charge in [-0.3, -0.25) is 9.59 Å². The zero-order chi connectivity index (χ0) is 37.7. The lowest BCUT2D eigenvalue weighted by Crippen LogP contribution is -2.33. The zero-order valence-electron chi connectivity index (χ0n) is 31.0. The van der Waals surface area contributed by atoms with Crippen molar-refractivity contribution in [2.24, 2.45) is 34.6 Å². The number of carbonyl (C=O) groups excluding carboxylic acids is 2. The predicted molar refractivity (Wildman–Crippen MR) is 205 cm³/mol. The normalized spacial score (nSPS) is 21.3. The van der Waals surface area contributed by atoms with Gasteiger partial charge in [-0.15, -0.1) is 0 Å². The van der Waals surface area contributed by atoms with E-state index < -0.39 is 0 Å². The number of rotatable bonds is 14. The molecule has 0 amide bonds. The fourth-order valence-corrected chi connectivity index (χ4v) is 7.61. The molecule has 1 saturated heterocycles. The highest BCUT2D eigenvalue weighted by Gasteiger charge is 2.41. The number of aryl methyl sites for hydroxylation is 1. The van der Waals surface area contributed by atoms with Crippen molar-refractivity contribution in [1.29, 1.82) is 5.26 Å². The van der Waals surface area contributed by atoms with E-state index in [1.165, 1.54) is 6.33 Å². The first-order valence-electron chi connectivity index (χ1n) is 18.8. The fourth-order valence-electron chi connectivity index (χ4n) is 7.12. The Bertz CT molecular complexity index is 1900. The van der Waals surface area contributed by atoms with E-state index in [1.54, 1.807) is 12.1 Å². The summed E-state index contributed by atoms with van der Waals surface area (Å²) in [6.07, 6.45) is 8.24. The number of hydrogen-bond donors (Lipinski definition) is 0. The summed E-state index contributed by atoms with van der Waals surface area (Å²) in [5.41, 5.74) is 4.13. The van der Waals surface area contributed by atoms with Gasteiger partial charge in [0, 0.05) is 22.9 Å². The van der Waals surface area contributed by atoms with Crippen LogP contribution in [0.3, 0.4) is 0 Å². The van der Waals surface area contributed by atoms with Gasteiger partial charge in [-0.1, -0.05) is 56.1 Å². The number of benzene rings is 2. The van der Waals surface area contributed by atoms with E-state index in [0.29, 0.717) is 96.5 Å². The van der Waals surface area contributed by atoms with E-state index in [4.69, 9.17) is 42.4 Å². The number of cyclic esters (lactones) is 1. The van der Waals surface area contributed by atoms with Gasteiger partial charge in [-0.25, -0.2) is 9.98 Å². The molecule has 280 valence electrons. The lowest BCUT2D eigenvalue weighted by Gasteiger charge is -2.30. The quantitative estimate of drug-likeness (QED) is 0.149. The molecule has 9 nitrogen and oxygen atoms in total. The van der Waals surface area contributed by atoms with Crippen LogP contribution in [0.15, 0.2) is 47.7 Å². The maximum atomic E-state index is 13.1. The van der Waals surface area contributed by atoms with Crippen molar-refractivity contribution in [3.05, 3.63) is 75.2 Å². The molecular formula is C42H48Cl2N4O5. The van der Waals surface area contributed by atoms with Crippen molar-refractivity contribution >= 4 is 46.4 Å². The molecule has 2 aliphatic heterocycles. The molecule has 2 unspecified atom stereocenters. The SMILES string of the molecule is CC(C)[C@H]1COC(=O)C(CCC(=O)[C@@H](C)CCOc2cccc(C3=Nc4c(ncnc4OC4(C)CC4)CCC(Cc4cc(Cl)ccc4C#N)C3)c2Cl)C1. The highest BCUT2D eigenvalue weighted by Crippen LogP contribution is 2.44. The molecule has 0 N–H and O–H groups in total. The minimum Gasteiger partial charge on any atom is -0.492 e. The van der Waals surface area contributed by atoms with Gasteiger partial charge < -0.3 is 14.2 Å². The number of Topliss-reactive ketones (excluding diaryl/α,β-unsaturated/α-hetero) is 1. The van der Waals surface area contributed by atoms with Crippen LogP contribution in [0.2, 0.25) is 10.0 Å². The van der Waals surface area contributed by atoms with Gasteiger partial charge in [0.1, 0.15) is 29.1 Å². The molecule has 1 aromatic heterocycles. The zero-order valence-corrected chi connectivity index (χ0v) is 32.5. The third kappa shape index (κ3) is 9.76. The second-order valence-electron chi connectivity index (χ2n) is 15.5. The Balaban J connectivity index is 1.18. The largest absolute Gasteiger partial charge is 0.492 e. The van der Waals surface area contributed by atoms with E-state index in [1.807, 2.05) is 31.2 Å². The Labute approximate surface area is 322 Å². The fraction of sp³-hybridized carbons (Fsp3) is 0.524. The third-order valence-corrected chi connectivity index (χ3v) is 11.7. The van der Waals surface area contributed by atoms with E-state index in [2.05, 4.69) is 36.8 Å². The van der Waals surface area contributed by atoms with Gasteiger partial charge in [0.05, 0.1) is 47.2 Å². The Kier molecular flexibility index (Phi) is 12.4. The van der Waals surface area contributed by atoms with Crippen LogP contribution in [0.1, 0.15) is 101 Å². The number of nitrogens with zero attached hydrogens (tertiary/aromatic N) is 4. The monoisotopic (exact) mass is 758 g/mol. The number of ketones is 1.